The van der Waals surface area contributed by atoms with E-state index in [1.54, 1.807) is 11.3 Å². The monoisotopic (exact) mass is 209 g/mol. The van der Waals surface area contributed by atoms with Crippen LogP contribution in [0.2, 0.25) is 0 Å². The summed E-state index contributed by atoms with van der Waals surface area (Å²) in [4.78, 5) is 5.50. The first-order chi connectivity index (χ1) is 6.69. The van der Waals surface area contributed by atoms with Crippen molar-refractivity contribution in [2.75, 3.05) is 0 Å². The van der Waals surface area contributed by atoms with Crippen LogP contribution in [0, 0.1) is 5.92 Å². The van der Waals surface area contributed by atoms with Gasteiger partial charge in [-0.05, 0) is 12.3 Å². The summed E-state index contributed by atoms with van der Waals surface area (Å²) in [7, 11) is 0. The Morgan fingerprint density at radius 1 is 1.50 bits per heavy atom. The minimum absolute atomic E-state index is 0.663. The van der Waals surface area contributed by atoms with E-state index in [1.165, 1.54) is 5.01 Å². The molecule has 0 atom stereocenters. The van der Waals surface area contributed by atoms with Crippen LogP contribution >= 0.6 is 11.3 Å². The molecule has 0 bridgehead atoms. The average molecular weight is 209 g/mol. The smallest absolute Gasteiger partial charge is 0.212 e. The van der Waals surface area contributed by atoms with Gasteiger partial charge < -0.3 is 0 Å². The fourth-order valence-corrected chi connectivity index (χ4v) is 2.49. The second-order valence-electron chi connectivity index (χ2n) is 3.91. The third kappa shape index (κ3) is 1.80. The highest BCUT2D eigenvalue weighted by Crippen LogP contribution is 2.17. The van der Waals surface area contributed by atoms with E-state index in [4.69, 9.17) is 0 Å². The van der Waals surface area contributed by atoms with Gasteiger partial charge in [0.1, 0.15) is 5.01 Å². The summed E-state index contributed by atoms with van der Waals surface area (Å²) in [6, 6.07) is 0. The Morgan fingerprint density at radius 2 is 2.29 bits per heavy atom. The van der Waals surface area contributed by atoms with Crippen molar-refractivity contribution in [1.82, 2.24) is 14.6 Å². The van der Waals surface area contributed by atoms with E-state index in [9.17, 15) is 0 Å². The van der Waals surface area contributed by atoms with Gasteiger partial charge in [-0.1, -0.05) is 32.1 Å². The van der Waals surface area contributed by atoms with E-state index in [-0.39, 0.29) is 0 Å². The SMILES string of the molecule is CCc1cn2nc(CC(C)C)sc2n1. The highest BCUT2D eigenvalue weighted by molar-refractivity contribution is 7.16. The lowest BCUT2D eigenvalue weighted by Crippen LogP contribution is -1.94. The molecular formula is C10H15N3S. The molecule has 0 saturated heterocycles. The molecule has 0 radical (unpaired) electrons. The fraction of sp³-hybridized carbons (Fsp3) is 0.600. The molecule has 76 valence electrons. The Balaban J connectivity index is 2.30. The molecule has 0 aliphatic rings. The van der Waals surface area contributed by atoms with Crippen LogP contribution in [0.3, 0.4) is 0 Å². The lowest BCUT2D eigenvalue weighted by Gasteiger charge is -1.97. The summed E-state index contributed by atoms with van der Waals surface area (Å²) in [5, 5.41) is 5.68. The number of nitrogens with zero attached hydrogens (tertiary/aromatic N) is 3. The van der Waals surface area contributed by atoms with Crippen LogP contribution in [-0.2, 0) is 12.8 Å². The van der Waals surface area contributed by atoms with E-state index < -0.39 is 0 Å². The molecule has 2 aromatic heterocycles. The lowest BCUT2D eigenvalue weighted by atomic mass is 10.1. The minimum Gasteiger partial charge on any atom is -0.223 e. The molecule has 2 rings (SSSR count). The van der Waals surface area contributed by atoms with E-state index in [0.717, 1.165) is 23.5 Å². The standard InChI is InChI=1S/C10H15N3S/c1-4-8-6-13-10(11-8)14-9(12-13)5-7(2)3/h6-7H,4-5H2,1-3H3. The zero-order valence-electron chi connectivity index (χ0n) is 8.82. The first-order valence-corrected chi connectivity index (χ1v) is 5.84. The molecule has 2 aromatic rings. The van der Waals surface area contributed by atoms with E-state index >= 15 is 0 Å². The molecular weight excluding hydrogens is 194 g/mol. The number of rotatable bonds is 3. The third-order valence-electron chi connectivity index (χ3n) is 2.08. The van der Waals surface area contributed by atoms with Gasteiger partial charge in [0.25, 0.3) is 0 Å². The summed E-state index contributed by atoms with van der Waals surface area (Å²) < 4.78 is 1.90. The van der Waals surface area contributed by atoms with Gasteiger partial charge in [0.05, 0.1) is 11.9 Å². The highest BCUT2D eigenvalue weighted by atomic mass is 32.1. The third-order valence-corrected chi connectivity index (χ3v) is 3.02. The predicted molar refractivity (Wildman–Crippen MR) is 58.8 cm³/mol. The van der Waals surface area contributed by atoms with E-state index in [1.807, 2.05) is 10.7 Å². The largest absolute Gasteiger partial charge is 0.223 e. The van der Waals surface area contributed by atoms with Gasteiger partial charge in [-0.15, -0.1) is 0 Å². The molecule has 2 heterocycles. The number of imidazole rings is 1. The fourth-order valence-electron chi connectivity index (χ4n) is 1.39. The summed E-state index contributed by atoms with van der Waals surface area (Å²) in [5.41, 5.74) is 1.12. The molecule has 0 N–H and O–H groups in total. The Bertz CT molecular complexity index is 396. The molecule has 0 aliphatic carbocycles. The molecule has 0 aliphatic heterocycles. The Hall–Kier alpha value is -0.900. The van der Waals surface area contributed by atoms with Gasteiger partial charge in [0.2, 0.25) is 4.96 Å². The van der Waals surface area contributed by atoms with Crippen molar-refractivity contribution in [3.63, 3.8) is 0 Å². The molecule has 3 nitrogen and oxygen atoms in total. The Labute approximate surface area is 87.8 Å². The van der Waals surface area contributed by atoms with Gasteiger partial charge >= 0.3 is 0 Å². The van der Waals surface area contributed by atoms with Gasteiger partial charge in [0.15, 0.2) is 0 Å². The van der Waals surface area contributed by atoms with Crippen molar-refractivity contribution in [1.29, 1.82) is 0 Å². The number of aromatic nitrogens is 3. The van der Waals surface area contributed by atoms with Gasteiger partial charge in [-0.2, -0.15) is 5.10 Å². The minimum atomic E-state index is 0.663. The van der Waals surface area contributed by atoms with Crippen molar-refractivity contribution in [2.24, 2.45) is 5.92 Å². The number of aryl methyl sites for hydroxylation is 1. The molecule has 0 unspecified atom stereocenters. The summed E-state index contributed by atoms with van der Waals surface area (Å²) >= 11 is 1.70. The van der Waals surface area contributed by atoms with Crippen LogP contribution in [0.5, 0.6) is 0 Å². The number of hydrogen-bond donors (Lipinski definition) is 0. The Morgan fingerprint density at radius 3 is 2.86 bits per heavy atom. The first-order valence-electron chi connectivity index (χ1n) is 5.03. The van der Waals surface area contributed by atoms with Crippen LogP contribution in [0.25, 0.3) is 4.96 Å². The molecule has 0 spiro atoms. The van der Waals surface area contributed by atoms with Gasteiger partial charge in [0, 0.05) is 6.42 Å². The molecule has 0 fully saturated rings. The summed E-state index contributed by atoms with van der Waals surface area (Å²) in [6.07, 6.45) is 4.06. The topological polar surface area (TPSA) is 30.2 Å². The summed E-state index contributed by atoms with van der Waals surface area (Å²) in [5.74, 6) is 0.663. The maximum absolute atomic E-state index is 4.49. The van der Waals surface area contributed by atoms with Crippen LogP contribution in [0.4, 0.5) is 0 Å². The van der Waals surface area contributed by atoms with Crippen LogP contribution in [0.1, 0.15) is 31.5 Å². The molecule has 4 heteroatoms. The van der Waals surface area contributed by atoms with E-state index in [0.29, 0.717) is 5.92 Å². The zero-order valence-corrected chi connectivity index (χ0v) is 9.64. The molecule has 0 saturated carbocycles. The maximum Gasteiger partial charge on any atom is 0.212 e. The maximum atomic E-state index is 4.49. The Kier molecular flexibility index (Phi) is 2.54. The average Bonchev–Trinajstić information content (AvgIpc) is 2.59. The van der Waals surface area contributed by atoms with Crippen molar-refractivity contribution in [3.8, 4) is 0 Å². The predicted octanol–water partition coefficient (Wildman–Crippen LogP) is 2.55. The first kappa shape index (κ1) is 9.65. The second kappa shape index (κ2) is 3.69. The highest BCUT2D eigenvalue weighted by Gasteiger charge is 2.08. The molecule has 0 amide bonds. The van der Waals surface area contributed by atoms with Crippen molar-refractivity contribution in [2.45, 2.75) is 33.6 Å². The normalized spacial score (nSPS) is 11.7. The van der Waals surface area contributed by atoms with Crippen molar-refractivity contribution in [3.05, 3.63) is 16.9 Å². The van der Waals surface area contributed by atoms with Crippen LogP contribution in [-0.4, -0.2) is 14.6 Å². The number of hydrogen-bond acceptors (Lipinski definition) is 3. The van der Waals surface area contributed by atoms with Crippen molar-refractivity contribution < 1.29 is 0 Å². The van der Waals surface area contributed by atoms with E-state index in [2.05, 4.69) is 30.9 Å². The second-order valence-corrected chi connectivity index (χ2v) is 4.95. The summed E-state index contributed by atoms with van der Waals surface area (Å²) in [6.45, 7) is 6.53. The molecule has 0 aromatic carbocycles. The zero-order chi connectivity index (χ0) is 10.1. The number of fused-ring (bicyclic) bond motifs is 1. The quantitative estimate of drug-likeness (QED) is 0.777. The van der Waals surface area contributed by atoms with Gasteiger partial charge in [-0.3, -0.25) is 0 Å². The molecule has 14 heavy (non-hydrogen) atoms. The van der Waals surface area contributed by atoms with Crippen molar-refractivity contribution >= 4 is 16.3 Å². The van der Waals surface area contributed by atoms with Crippen LogP contribution < -0.4 is 0 Å². The van der Waals surface area contributed by atoms with Crippen LogP contribution in [0.15, 0.2) is 6.20 Å². The lowest BCUT2D eigenvalue weighted by molar-refractivity contribution is 0.636. The van der Waals surface area contributed by atoms with Gasteiger partial charge in [-0.25, -0.2) is 9.50 Å².